The van der Waals surface area contributed by atoms with Crippen molar-refractivity contribution in [1.82, 2.24) is 0 Å². The summed E-state index contributed by atoms with van der Waals surface area (Å²) in [4.78, 5) is 0. The van der Waals surface area contributed by atoms with Gasteiger partial charge >= 0.3 is 46.4 Å². The van der Waals surface area contributed by atoms with Gasteiger partial charge in [0.1, 0.15) is 0 Å². The van der Waals surface area contributed by atoms with Crippen LogP contribution in [0.4, 0.5) is 0 Å². The molecule has 1 heterocycles. The molecule has 0 N–H and O–H groups in total. The van der Waals surface area contributed by atoms with E-state index in [2.05, 4.69) is 69.2 Å². The SMILES string of the molecule is CC(C)[SiH]1O[SiH](C(C)C)O[SiH](C(C)C)O[SiH](C(C)C)O[SiH](C(C)C)O1. The lowest BCUT2D eigenvalue weighted by molar-refractivity contribution is 0.262. The van der Waals surface area contributed by atoms with Gasteiger partial charge < -0.3 is 20.6 Å². The Kier molecular flexibility index (Phi) is 10.5. The third-order valence-corrected chi connectivity index (χ3v) is 20.2. The third kappa shape index (κ3) is 7.80. The van der Waals surface area contributed by atoms with Crippen LogP contribution in [0.5, 0.6) is 0 Å². The largest absolute Gasteiger partial charge is 0.420 e. The van der Waals surface area contributed by atoms with E-state index < -0.39 is 46.4 Å². The van der Waals surface area contributed by atoms with Crippen LogP contribution in [0.25, 0.3) is 0 Å². The second-order valence-electron chi connectivity index (χ2n) is 8.74. The molecule has 0 aliphatic carbocycles. The number of hydrogen-bond donors (Lipinski definition) is 0. The zero-order valence-electron chi connectivity index (χ0n) is 17.8. The first-order chi connectivity index (χ1) is 11.5. The van der Waals surface area contributed by atoms with E-state index in [4.69, 9.17) is 20.6 Å². The summed E-state index contributed by atoms with van der Waals surface area (Å²) in [5.74, 6) is 0. The minimum Gasteiger partial charge on any atom is -0.420 e. The normalized spacial score (nSPS) is 33.0. The van der Waals surface area contributed by atoms with E-state index in [1.807, 2.05) is 0 Å². The summed E-state index contributed by atoms with van der Waals surface area (Å²) in [6, 6.07) is 0. The van der Waals surface area contributed by atoms with Gasteiger partial charge in [-0.1, -0.05) is 69.2 Å². The zero-order chi connectivity index (χ0) is 19.3. The maximum absolute atomic E-state index is 6.56. The van der Waals surface area contributed by atoms with Gasteiger partial charge in [0.15, 0.2) is 0 Å². The Morgan fingerprint density at radius 3 is 0.520 bits per heavy atom. The molecule has 0 unspecified atom stereocenters. The van der Waals surface area contributed by atoms with Crippen molar-refractivity contribution in [3.05, 3.63) is 0 Å². The summed E-state index contributed by atoms with van der Waals surface area (Å²) in [6.45, 7) is 22.1. The van der Waals surface area contributed by atoms with E-state index in [0.29, 0.717) is 27.7 Å². The van der Waals surface area contributed by atoms with Crippen LogP contribution in [0.3, 0.4) is 0 Å². The molecule has 10 heteroatoms. The third-order valence-electron chi connectivity index (χ3n) is 4.06. The van der Waals surface area contributed by atoms with Gasteiger partial charge in [-0.2, -0.15) is 0 Å². The molecule has 0 amide bonds. The van der Waals surface area contributed by atoms with Gasteiger partial charge in [-0.15, -0.1) is 0 Å². The first kappa shape index (κ1) is 23.9. The van der Waals surface area contributed by atoms with Crippen LogP contribution in [0.15, 0.2) is 0 Å². The van der Waals surface area contributed by atoms with Gasteiger partial charge in [0.05, 0.1) is 0 Å². The Hall–Kier alpha value is 0.884. The molecule has 0 aromatic heterocycles. The first-order valence-corrected chi connectivity index (χ1v) is 17.8. The van der Waals surface area contributed by atoms with Gasteiger partial charge in [0.25, 0.3) is 0 Å². The quantitative estimate of drug-likeness (QED) is 0.614. The van der Waals surface area contributed by atoms with E-state index in [1.165, 1.54) is 0 Å². The fourth-order valence-corrected chi connectivity index (χ4v) is 24.4. The molecule has 5 nitrogen and oxygen atoms in total. The fraction of sp³-hybridized carbons (Fsp3) is 1.00. The number of hydrogen-bond acceptors (Lipinski definition) is 5. The molecule has 1 saturated heterocycles. The van der Waals surface area contributed by atoms with Crippen LogP contribution in [0.2, 0.25) is 27.7 Å². The van der Waals surface area contributed by atoms with Crippen molar-refractivity contribution in [2.45, 2.75) is 96.9 Å². The van der Waals surface area contributed by atoms with Gasteiger partial charge in [0.2, 0.25) is 0 Å². The average molecular weight is 441 g/mol. The standard InChI is InChI=1S/C15H40O5Si5/c1-11(2)21-16-22(12(3)4)18-24(14(7)8)20-25(15(9)10)19-23(17-21)13(5)6/h11-15,21-25H,1-10H3. The Balaban J connectivity index is 3.16. The summed E-state index contributed by atoms with van der Waals surface area (Å²) in [5.41, 5.74) is 2.12. The Morgan fingerprint density at radius 2 is 0.440 bits per heavy atom. The van der Waals surface area contributed by atoms with Crippen molar-refractivity contribution in [3.8, 4) is 0 Å². The molecule has 0 spiro atoms. The van der Waals surface area contributed by atoms with Crippen molar-refractivity contribution in [2.75, 3.05) is 0 Å². The van der Waals surface area contributed by atoms with E-state index >= 15 is 0 Å². The fourth-order valence-electron chi connectivity index (χ4n) is 2.39. The minimum atomic E-state index is -1.81. The smallest absolute Gasteiger partial charge is 0.306 e. The van der Waals surface area contributed by atoms with Crippen LogP contribution in [-0.2, 0) is 20.6 Å². The topological polar surface area (TPSA) is 46.2 Å². The van der Waals surface area contributed by atoms with E-state index in [1.54, 1.807) is 0 Å². The van der Waals surface area contributed by atoms with Crippen molar-refractivity contribution in [3.63, 3.8) is 0 Å². The van der Waals surface area contributed by atoms with Crippen LogP contribution < -0.4 is 0 Å². The first-order valence-electron chi connectivity index (χ1n) is 9.80. The van der Waals surface area contributed by atoms with E-state index in [-0.39, 0.29) is 0 Å². The lowest BCUT2D eigenvalue weighted by atomic mass is 10.6. The maximum atomic E-state index is 6.56. The molecule has 150 valence electrons. The molecule has 1 aliphatic rings. The van der Waals surface area contributed by atoms with Crippen molar-refractivity contribution in [2.24, 2.45) is 0 Å². The van der Waals surface area contributed by atoms with Crippen molar-refractivity contribution >= 4 is 46.4 Å². The number of rotatable bonds is 5. The molecule has 1 aliphatic heterocycles. The molecule has 1 rings (SSSR count). The molecular weight excluding hydrogens is 401 g/mol. The molecule has 1 fully saturated rings. The van der Waals surface area contributed by atoms with Crippen LogP contribution in [0.1, 0.15) is 69.2 Å². The highest BCUT2D eigenvalue weighted by molar-refractivity contribution is 6.75. The van der Waals surface area contributed by atoms with Crippen LogP contribution in [-0.4, -0.2) is 46.4 Å². The van der Waals surface area contributed by atoms with E-state index in [0.717, 1.165) is 0 Å². The highest BCUT2D eigenvalue weighted by Crippen LogP contribution is 2.27. The lowest BCUT2D eigenvalue weighted by Gasteiger charge is -2.39. The Morgan fingerprint density at radius 1 is 0.320 bits per heavy atom. The second-order valence-corrected chi connectivity index (χ2v) is 24.5. The molecule has 25 heavy (non-hydrogen) atoms. The zero-order valence-corrected chi connectivity index (χ0v) is 23.6. The van der Waals surface area contributed by atoms with Gasteiger partial charge in [0, 0.05) is 0 Å². The summed E-state index contributed by atoms with van der Waals surface area (Å²) in [5, 5.41) is 0. The van der Waals surface area contributed by atoms with Crippen LogP contribution >= 0.6 is 0 Å². The average Bonchev–Trinajstić information content (AvgIpc) is 2.49. The molecule has 0 bridgehead atoms. The van der Waals surface area contributed by atoms with E-state index in [9.17, 15) is 0 Å². The Bertz CT molecular complexity index is 292. The molecule has 0 radical (unpaired) electrons. The van der Waals surface area contributed by atoms with Gasteiger partial charge in [-0.05, 0) is 27.7 Å². The lowest BCUT2D eigenvalue weighted by Crippen LogP contribution is -2.52. The van der Waals surface area contributed by atoms with Crippen molar-refractivity contribution in [1.29, 1.82) is 0 Å². The van der Waals surface area contributed by atoms with Gasteiger partial charge in [-0.25, -0.2) is 0 Å². The Labute approximate surface area is 164 Å². The maximum Gasteiger partial charge on any atom is 0.306 e. The van der Waals surface area contributed by atoms with Crippen molar-refractivity contribution < 1.29 is 20.6 Å². The predicted molar refractivity (Wildman–Crippen MR) is 117 cm³/mol. The summed E-state index contributed by atoms with van der Waals surface area (Å²) < 4.78 is 32.8. The molecule has 0 saturated carbocycles. The molecular formula is C15H40O5Si5. The summed E-state index contributed by atoms with van der Waals surface area (Å²) in [6.07, 6.45) is 0. The molecule has 0 aromatic rings. The molecule has 0 atom stereocenters. The molecule has 0 aromatic carbocycles. The minimum absolute atomic E-state index is 0.424. The van der Waals surface area contributed by atoms with Crippen LogP contribution in [0, 0.1) is 0 Å². The summed E-state index contributed by atoms with van der Waals surface area (Å²) >= 11 is 0. The predicted octanol–water partition coefficient (Wildman–Crippen LogP) is 3.24. The second kappa shape index (κ2) is 11.0. The monoisotopic (exact) mass is 440 g/mol. The summed E-state index contributed by atoms with van der Waals surface area (Å²) in [7, 11) is -9.03. The highest BCUT2D eigenvalue weighted by atomic mass is 28.5. The van der Waals surface area contributed by atoms with Gasteiger partial charge in [-0.3, -0.25) is 0 Å². The highest BCUT2D eigenvalue weighted by Gasteiger charge is 2.39.